The molecule has 0 radical (unpaired) electrons. The molecule has 28 heavy (non-hydrogen) atoms. The molecule has 2 saturated heterocycles. The van der Waals surface area contributed by atoms with Gasteiger partial charge in [-0.2, -0.15) is 0 Å². The number of benzene rings is 1. The lowest BCUT2D eigenvalue weighted by molar-refractivity contribution is -0.138. The first-order valence-corrected chi connectivity index (χ1v) is 10.5. The number of likely N-dealkylation sites (tertiary alicyclic amines) is 2. The molecule has 0 unspecified atom stereocenters. The number of rotatable bonds is 2. The number of hydrogen-bond acceptors (Lipinski definition) is 4. The van der Waals surface area contributed by atoms with E-state index in [0.29, 0.717) is 48.7 Å². The third kappa shape index (κ3) is 3.37. The summed E-state index contributed by atoms with van der Waals surface area (Å²) in [6, 6.07) is 6.80. The highest BCUT2D eigenvalue weighted by Crippen LogP contribution is 2.33. The van der Waals surface area contributed by atoms with E-state index in [-0.39, 0.29) is 28.4 Å². The van der Waals surface area contributed by atoms with Crippen molar-refractivity contribution in [2.45, 2.75) is 32.6 Å². The van der Waals surface area contributed by atoms with Gasteiger partial charge in [0.2, 0.25) is 17.5 Å². The van der Waals surface area contributed by atoms with Gasteiger partial charge in [0.25, 0.3) is 0 Å². The average molecular weight is 401 g/mol. The zero-order chi connectivity index (χ0) is 19.8. The Balaban J connectivity index is 1.46. The number of amides is 1. The second-order valence-corrected chi connectivity index (χ2v) is 8.54. The Morgan fingerprint density at radius 3 is 2.29 bits per heavy atom. The van der Waals surface area contributed by atoms with Gasteiger partial charge >= 0.3 is 0 Å². The van der Waals surface area contributed by atoms with E-state index < -0.39 is 0 Å². The van der Waals surface area contributed by atoms with Gasteiger partial charge in [-0.3, -0.25) is 14.4 Å². The van der Waals surface area contributed by atoms with Gasteiger partial charge in [0.15, 0.2) is 0 Å². The Hall–Kier alpha value is -2.14. The molecule has 1 atom stereocenters. The van der Waals surface area contributed by atoms with E-state index in [1.165, 1.54) is 6.42 Å². The van der Waals surface area contributed by atoms with E-state index >= 15 is 0 Å². The second-order valence-electron chi connectivity index (χ2n) is 8.16. The maximum Gasteiger partial charge on any atom is 0.225 e. The van der Waals surface area contributed by atoms with Crippen molar-refractivity contribution in [2.75, 3.05) is 26.2 Å². The molecule has 4 rings (SSSR count). The Kier molecular flexibility index (Phi) is 5.28. The number of carbonyl (C=O) groups excluding carboxylic acids is 3. The fraction of sp³-hybridized carbons (Fsp3) is 0.500. The van der Waals surface area contributed by atoms with E-state index in [9.17, 15) is 14.4 Å². The van der Waals surface area contributed by atoms with Crippen LogP contribution >= 0.6 is 11.6 Å². The maximum atomic E-state index is 13.0. The van der Waals surface area contributed by atoms with Gasteiger partial charge in [-0.15, -0.1) is 0 Å². The van der Waals surface area contributed by atoms with Crippen molar-refractivity contribution in [3.05, 3.63) is 46.1 Å². The van der Waals surface area contributed by atoms with E-state index in [2.05, 4.69) is 6.92 Å². The lowest BCUT2D eigenvalue weighted by Gasteiger charge is -2.38. The van der Waals surface area contributed by atoms with Crippen LogP contribution in [0.1, 0.15) is 53.3 Å². The van der Waals surface area contributed by atoms with Crippen LogP contribution in [0.25, 0.3) is 0 Å². The lowest BCUT2D eigenvalue weighted by atomic mass is 9.89. The first kappa shape index (κ1) is 19.2. The summed E-state index contributed by atoms with van der Waals surface area (Å²) < 4.78 is 0. The number of hydrogen-bond donors (Lipinski definition) is 0. The minimum Gasteiger partial charge on any atom is -0.367 e. The van der Waals surface area contributed by atoms with Gasteiger partial charge in [-0.25, -0.2) is 0 Å². The quantitative estimate of drug-likeness (QED) is 0.762. The lowest BCUT2D eigenvalue weighted by Crippen LogP contribution is -2.46. The first-order chi connectivity index (χ1) is 13.5. The molecular weight excluding hydrogens is 376 g/mol. The molecule has 2 aliphatic heterocycles. The van der Waals surface area contributed by atoms with Crippen molar-refractivity contribution in [3.8, 4) is 0 Å². The van der Waals surface area contributed by atoms with E-state index in [1.54, 1.807) is 24.3 Å². The molecule has 1 amide bonds. The zero-order valence-electron chi connectivity index (χ0n) is 16.1. The molecule has 6 heteroatoms. The minimum absolute atomic E-state index is 0.00154. The van der Waals surface area contributed by atoms with Crippen LogP contribution in [0.15, 0.2) is 35.0 Å². The smallest absolute Gasteiger partial charge is 0.225 e. The Morgan fingerprint density at radius 2 is 1.64 bits per heavy atom. The summed E-state index contributed by atoms with van der Waals surface area (Å²) in [4.78, 5) is 42.3. The number of carbonyl (C=O) groups is 3. The van der Waals surface area contributed by atoms with Gasteiger partial charge in [0.05, 0.1) is 0 Å². The molecule has 0 saturated carbocycles. The Bertz CT molecular complexity index is 855. The Labute approximate surface area is 170 Å². The molecule has 0 aromatic heterocycles. The monoisotopic (exact) mass is 400 g/mol. The molecule has 2 heterocycles. The molecule has 2 fully saturated rings. The SMILES string of the molecule is C[C@@H]1CCCN(C(=O)C2CCN(C3=C(Cl)C(=O)c4ccccc4C3=O)CC2)C1. The molecule has 148 valence electrons. The topological polar surface area (TPSA) is 57.7 Å². The van der Waals surface area contributed by atoms with Crippen molar-refractivity contribution in [3.63, 3.8) is 0 Å². The van der Waals surface area contributed by atoms with Crippen LogP contribution in [0.5, 0.6) is 0 Å². The van der Waals surface area contributed by atoms with Crippen molar-refractivity contribution < 1.29 is 14.4 Å². The first-order valence-electron chi connectivity index (χ1n) is 10.1. The molecule has 1 aromatic rings. The standard InChI is InChI=1S/C22H25ClN2O3/c1-14-5-4-10-25(13-14)22(28)15-8-11-24(12-9-15)19-18(23)20(26)16-6-2-3-7-17(16)21(19)27/h2-3,6-7,14-15H,4-5,8-13H2,1H3/t14-/m1/s1. The van der Waals surface area contributed by atoms with Crippen LogP contribution in [-0.2, 0) is 4.79 Å². The molecular formula is C22H25ClN2O3. The Morgan fingerprint density at radius 1 is 1.00 bits per heavy atom. The second kappa shape index (κ2) is 7.70. The molecule has 5 nitrogen and oxygen atoms in total. The fourth-order valence-corrected chi connectivity index (χ4v) is 4.92. The number of ketones is 2. The maximum absolute atomic E-state index is 13.0. The molecule has 0 N–H and O–H groups in total. The van der Waals surface area contributed by atoms with Crippen molar-refractivity contribution in [1.82, 2.24) is 9.80 Å². The van der Waals surface area contributed by atoms with Gasteiger partial charge in [-0.05, 0) is 31.6 Å². The molecule has 0 spiro atoms. The number of halogens is 1. The third-order valence-electron chi connectivity index (χ3n) is 6.17. The minimum atomic E-state index is -0.299. The summed E-state index contributed by atoms with van der Waals surface area (Å²) in [5, 5.41) is -0.00154. The summed E-state index contributed by atoms with van der Waals surface area (Å²) in [5.74, 6) is 0.292. The number of allylic oxidation sites excluding steroid dienone is 2. The van der Waals surface area contributed by atoms with Crippen molar-refractivity contribution in [2.24, 2.45) is 11.8 Å². The summed E-state index contributed by atoms with van der Waals surface area (Å²) in [6.45, 7) is 5.02. The summed E-state index contributed by atoms with van der Waals surface area (Å²) in [6.07, 6.45) is 3.62. The molecule has 1 aliphatic carbocycles. The van der Waals surface area contributed by atoms with E-state index in [4.69, 9.17) is 11.6 Å². The summed E-state index contributed by atoms with van der Waals surface area (Å²) >= 11 is 6.32. The highest BCUT2D eigenvalue weighted by molar-refractivity contribution is 6.49. The van der Waals surface area contributed by atoms with Gasteiger partial charge in [0, 0.05) is 43.2 Å². The molecule has 3 aliphatic rings. The summed E-state index contributed by atoms with van der Waals surface area (Å²) in [5.41, 5.74) is 1.07. The molecule has 0 bridgehead atoms. The highest BCUT2D eigenvalue weighted by atomic mass is 35.5. The van der Waals surface area contributed by atoms with Crippen LogP contribution in [0.3, 0.4) is 0 Å². The van der Waals surface area contributed by atoms with Crippen molar-refractivity contribution >= 4 is 29.1 Å². The van der Waals surface area contributed by atoms with Crippen LogP contribution in [0.2, 0.25) is 0 Å². The number of Topliss-reactive ketones (excluding diaryl/α,β-unsaturated/α-hetero) is 2. The number of nitrogens with zero attached hydrogens (tertiary/aromatic N) is 2. The number of piperidine rings is 2. The van der Waals surface area contributed by atoms with Gasteiger partial charge in [-0.1, -0.05) is 42.8 Å². The summed E-state index contributed by atoms with van der Waals surface area (Å²) in [7, 11) is 0. The van der Waals surface area contributed by atoms with Crippen LogP contribution in [0.4, 0.5) is 0 Å². The predicted molar refractivity (Wildman–Crippen MR) is 107 cm³/mol. The van der Waals surface area contributed by atoms with Gasteiger partial charge < -0.3 is 9.80 Å². The van der Waals surface area contributed by atoms with Gasteiger partial charge in [0.1, 0.15) is 10.7 Å². The zero-order valence-corrected chi connectivity index (χ0v) is 16.9. The third-order valence-corrected chi connectivity index (χ3v) is 6.52. The fourth-order valence-electron chi connectivity index (χ4n) is 4.61. The van der Waals surface area contributed by atoms with Crippen LogP contribution < -0.4 is 0 Å². The van der Waals surface area contributed by atoms with Crippen molar-refractivity contribution in [1.29, 1.82) is 0 Å². The molecule has 1 aromatic carbocycles. The van der Waals surface area contributed by atoms with Crippen LogP contribution in [0, 0.1) is 11.8 Å². The average Bonchev–Trinajstić information content (AvgIpc) is 2.72. The van der Waals surface area contributed by atoms with E-state index in [0.717, 1.165) is 19.5 Å². The highest BCUT2D eigenvalue weighted by Gasteiger charge is 2.37. The largest absolute Gasteiger partial charge is 0.367 e. The predicted octanol–water partition coefficient (Wildman–Crippen LogP) is 3.49. The van der Waals surface area contributed by atoms with E-state index in [1.807, 2.05) is 9.80 Å². The van der Waals surface area contributed by atoms with Crippen LogP contribution in [-0.4, -0.2) is 53.5 Å². The number of fused-ring (bicyclic) bond motifs is 1. The normalized spacial score (nSPS) is 23.9.